The van der Waals surface area contributed by atoms with Crippen LogP contribution in [0.3, 0.4) is 0 Å². The number of amides is 1. The van der Waals surface area contributed by atoms with E-state index in [0.717, 1.165) is 22.1 Å². The van der Waals surface area contributed by atoms with Crippen molar-refractivity contribution < 1.29 is 13.2 Å². The standard InChI is InChI=1S/C28H21N3O3S/c29-35(33,34)23-16-14-22(15-17-23)30-28(32)25-18-27(31-26-9-5-4-8-24(25)26)21-12-10-20(11-13-21)19-6-2-1-3-7-19/h1-18H,(H,30,32)(H2,29,33,34). The molecule has 5 aromatic rings. The Labute approximate surface area is 203 Å². The predicted molar refractivity (Wildman–Crippen MR) is 138 cm³/mol. The van der Waals surface area contributed by atoms with Crippen molar-refractivity contribution in [2.75, 3.05) is 5.32 Å². The van der Waals surface area contributed by atoms with Crippen LogP contribution >= 0.6 is 0 Å². The van der Waals surface area contributed by atoms with Crippen molar-refractivity contribution in [3.63, 3.8) is 0 Å². The summed E-state index contributed by atoms with van der Waals surface area (Å²) in [6.45, 7) is 0. The van der Waals surface area contributed by atoms with E-state index in [0.29, 0.717) is 22.5 Å². The van der Waals surface area contributed by atoms with Gasteiger partial charge in [-0.1, -0.05) is 72.8 Å². The lowest BCUT2D eigenvalue weighted by Crippen LogP contribution is -2.14. The Balaban J connectivity index is 1.49. The number of hydrogen-bond acceptors (Lipinski definition) is 4. The second-order valence-electron chi connectivity index (χ2n) is 8.04. The average molecular weight is 480 g/mol. The number of primary sulfonamides is 1. The van der Waals surface area contributed by atoms with Gasteiger partial charge in [-0.3, -0.25) is 4.79 Å². The number of aromatic nitrogens is 1. The first kappa shape index (κ1) is 22.5. The van der Waals surface area contributed by atoms with Crippen molar-refractivity contribution in [1.29, 1.82) is 0 Å². The lowest BCUT2D eigenvalue weighted by Gasteiger charge is -2.11. The molecule has 35 heavy (non-hydrogen) atoms. The first-order chi connectivity index (χ1) is 16.9. The molecule has 1 aromatic heterocycles. The second kappa shape index (κ2) is 9.13. The number of carbonyl (C=O) groups is 1. The highest BCUT2D eigenvalue weighted by molar-refractivity contribution is 7.89. The summed E-state index contributed by atoms with van der Waals surface area (Å²) in [5.41, 5.74) is 5.41. The molecule has 0 unspecified atom stereocenters. The van der Waals surface area contributed by atoms with E-state index < -0.39 is 10.0 Å². The summed E-state index contributed by atoms with van der Waals surface area (Å²) in [6.07, 6.45) is 0. The Morgan fingerprint density at radius 3 is 2.00 bits per heavy atom. The van der Waals surface area contributed by atoms with Crippen LogP contribution in [0, 0.1) is 0 Å². The van der Waals surface area contributed by atoms with Crippen molar-refractivity contribution in [2.24, 2.45) is 5.14 Å². The van der Waals surface area contributed by atoms with Gasteiger partial charge in [0.25, 0.3) is 5.91 Å². The summed E-state index contributed by atoms with van der Waals surface area (Å²) in [4.78, 5) is 18.0. The molecule has 5 rings (SSSR count). The van der Waals surface area contributed by atoms with Crippen molar-refractivity contribution >= 4 is 32.5 Å². The topological polar surface area (TPSA) is 102 Å². The second-order valence-corrected chi connectivity index (χ2v) is 9.60. The van der Waals surface area contributed by atoms with Crippen LogP contribution in [0.1, 0.15) is 10.4 Å². The van der Waals surface area contributed by atoms with Crippen molar-refractivity contribution in [2.45, 2.75) is 4.90 Å². The minimum atomic E-state index is -3.81. The van der Waals surface area contributed by atoms with Crippen LogP contribution in [-0.4, -0.2) is 19.3 Å². The third kappa shape index (κ3) is 4.82. The lowest BCUT2D eigenvalue weighted by atomic mass is 10.0. The molecular weight excluding hydrogens is 458 g/mol. The molecule has 6 nitrogen and oxygen atoms in total. The number of nitrogens with zero attached hydrogens (tertiary/aromatic N) is 1. The Hall–Kier alpha value is -4.33. The molecule has 0 aliphatic rings. The molecule has 0 aliphatic carbocycles. The SMILES string of the molecule is NS(=O)(=O)c1ccc(NC(=O)c2cc(-c3ccc(-c4ccccc4)cc3)nc3ccccc23)cc1. The van der Waals surface area contributed by atoms with Crippen LogP contribution in [0.25, 0.3) is 33.3 Å². The third-order valence-corrected chi connectivity index (χ3v) is 6.62. The number of anilines is 1. The number of fused-ring (bicyclic) bond motifs is 1. The fourth-order valence-electron chi connectivity index (χ4n) is 3.90. The predicted octanol–water partition coefficient (Wildman–Crippen LogP) is 5.47. The number of carbonyl (C=O) groups excluding carboxylic acids is 1. The minimum Gasteiger partial charge on any atom is -0.322 e. The number of nitrogens with two attached hydrogens (primary N) is 1. The van der Waals surface area contributed by atoms with Crippen LogP contribution in [0.2, 0.25) is 0 Å². The summed E-state index contributed by atoms with van der Waals surface area (Å²) in [7, 11) is -3.81. The summed E-state index contributed by atoms with van der Waals surface area (Å²) < 4.78 is 23.0. The lowest BCUT2D eigenvalue weighted by molar-refractivity contribution is 0.102. The number of rotatable bonds is 5. The van der Waals surface area contributed by atoms with Gasteiger partial charge in [0.1, 0.15) is 0 Å². The van der Waals surface area contributed by atoms with E-state index >= 15 is 0 Å². The number of hydrogen-bond donors (Lipinski definition) is 2. The molecule has 0 atom stereocenters. The van der Waals surface area contributed by atoms with Crippen LogP contribution in [0.15, 0.2) is 114 Å². The van der Waals surface area contributed by atoms with Gasteiger partial charge in [0.2, 0.25) is 10.0 Å². The molecule has 0 radical (unpaired) electrons. The van der Waals surface area contributed by atoms with Gasteiger partial charge in [-0.2, -0.15) is 0 Å². The molecular formula is C28H21N3O3S. The Morgan fingerprint density at radius 2 is 1.31 bits per heavy atom. The van der Waals surface area contributed by atoms with Crippen molar-refractivity contribution in [1.82, 2.24) is 4.98 Å². The van der Waals surface area contributed by atoms with Gasteiger partial charge >= 0.3 is 0 Å². The number of sulfonamides is 1. The molecule has 0 spiro atoms. The molecule has 7 heteroatoms. The summed E-state index contributed by atoms with van der Waals surface area (Å²) in [5.74, 6) is -0.325. The summed E-state index contributed by atoms with van der Waals surface area (Å²) >= 11 is 0. The first-order valence-electron chi connectivity index (χ1n) is 10.9. The fraction of sp³-hybridized carbons (Fsp3) is 0. The Morgan fingerprint density at radius 1 is 0.714 bits per heavy atom. The fourth-order valence-corrected chi connectivity index (χ4v) is 4.42. The van der Waals surface area contributed by atoms with Crippen LogP contribution < -0.4 is 10.5 Å². The van der Waals surface area contributed by atoms with E-state index in [2.05, 4.69) is 17.4 Å². The van der Waals surface area contributed by atoms with Crippen molar-refractivity contribution in [3.8, 4) is 22.4 Å². The average Bonchev–Trinajstić information content (AvgIpc) is 2.88. The van der Waals surface area contributed by atoms with Crippen LogP contribution in [0.5, 0.6) is 0 Å². The quantitative estimate of drug-likeness (QED) is 0.349. The first-order valence-corrected chi connectivity index (χ1v) is 12.4. The van der Waals surface area contributed by atoms with E-state index in [1.54, 1.807) is 6.07 Å². The summed E-state index contributed by atoms with van der Waals surface area (Å²) in [6, 6.07) is 33.1. The molecule has 0 saturated heterocycles. The van der Waals surface area contributed by atoms with E-state index in [1.165, 1.54) is 24.3 Å². The molecule has 0 saturated carbocycles. The van der Waals surface area contributed by atoms with Crippen LogP contribution in [-0.2, 0) is 10.0 Å². The monoisotopic (exact) mass is 479 g/mol. The highest BCUT2D eigenvalue weighted by Crippen LogP contribution is 2.28. The maximum absolute atomic E-state index is 13.3. The van der Waals surface area contributed by atoms with Gasteiger partial charge in [-0.15, -0.1) is 0 Å². The zero-order valence-corrected chi connectivity index (χ0v) is 19.4. The normalized spacial score (nSPS) is 11.3. The maximum Gasteiger partial charge on any atom is 0.256 e. The number of pyridine rings is 1. The zero-order chi connectivity index (χ0) is 24.4. The number of nitrogens with one attached hydrogen (secondary N) is 1. The molecule has 1 heterocycles. The Kier molecular flexibility index (Phi) is 5.86. The molecule has 3 N–H and O–H groups in total. The van der Waals surface area contributed by atoms with E-state index in [4.69, 9.17) is 10.1 Å². The smallest absolute Gasteiger partial charge is 0.256 e. The van der Waals surface area contributed by atoms with Gasteiger partial charge in [0.05, 0.1) is 21.7 Å². The summed E-state index contributed by atoms with van der Waals surface area (Å²) in [5, 5.41) is 8.71. The Bertz CT molecular complexity index is 1630. The molecule has 172 valence electrons. The van der Waals surface area contributed by atoms with E-state index in [9.17, 15) is 13.2 Å². The molecule has 0 aliphatic heterocycles. The largest absolute Gasteiger partial charge is 0.322 e. The van der Waals surface area contributed by atoms with Gasteiger partial charge in [0, 0.05) is 16.6 Å². The maximum atomic E-state index is 13.3. The number of benzene rings is 4. The molecule has 4 aromatic carbocycles. The zero-order valence-electron chi connectivity index (χ0n) is 18.5. The highest BCUT2D eigenvalue weighted by atomic mass is 32.2. The molecule has 0 fully saturated rings. The number of para-hydroxylation sites is 1. The molecule has 0 bridgehead atoms. The van der Waals surface area contributed by atoms with Gasteiger partial charge in [0.15, 0.2) is 0 Å². The van der Waals surface area contributed by atoms with Crippen LogP contribution in [0.4, 0.5) is 5.69 Å². The van der Waals surface area contributed by atoms with E-state index in [-0.39, 0.29) is 10.8 Å². The highest BCUT2D eigenvalue weighted by Gasteiger charge is 2.15. The van der Waals surface area contributed by atoms with Gasteiger partial charge < -0.3 is 5.32 Å². The van der Waals surface area contributed by atoms with Gasteiger partial charge in [-0.25, -0.2) is 18.5 Å². The third-order valence-electron chi connectivity index (χ3n) is 5.69. The van der Waals surface area contributed by atoms with E-state index in [1.807, 2.05) is 66.7 Å². The van der Waals surface area contributed by atoms with Gasteiger partial charge in [-0.05, 0) is 47.5 Å². The minimum absolute atomic E-state index is 0.0221. The van der Waals surface area contributed by atoms with Crippen molar-refractivity contribution in [3.05, 3.63) is 115 Å². The molecule has 1 amide bonds.